The van der Waals surface area contributed by atoms with Crippen LogP contribution in [0.5, 0.6) is 0 Å². The number of aliphatic hydroxyl groups excluding tert-OH is 1. The molecule has 1 unspecified atom stereocenters. The van der Waals surface area contributed by atoms with Crippen molar-refractivity contribution in [3.63, 3.8) is 0 Å². The summed E-state index contributed by atoms with van der Waals surface area (Å²) in [6.07, 6.45) is 9.96. The van der Waals surface area contributed by atoms with Gasteiger partial charge in [0.15, 0.2) is 5.78 Å². The number of pyridine rings is 2. The highest BCUT2D eigenvalue weighted by molar-refractivity contribution is 7.13. The van der Waals surface area contributed by atoms with Crippen molar-refractivity contribution in [3.8, 4) is 10.4 Å². The zero-order valence-electron chi connectivity index (χ0n) is 42.9. The van der Waals surface area contributed by atoms with Gasteiger partial charge in [0.25, 0.3) is 5.56 Å². The van der Waals surface area contributed by atoms with Gasteiger partial charge in [0, 0.05) is 76.2 Å². The van der Waals surface area contributed by atoms with Crippen LogP contribution < -0.4 is 26.4 Å². The van der Waals surface area contributed by atoms with E-state index in [1.54, 1.807) is 35.2 Å². The molecule has 0 radical (unpaired) electrons. The second-order valence-corrected chi connectivity index (χ2v) is 21.7. The lowest BCUT2D eigenvalue weighted by Gasteiger charge is -2.36. The molecule has 0 bridgehead atoms. The van der Waals surface area contributed by atoms with Crippen molar-refractivity contribution in [2.75, 3.05) is 42.9 Å². The lowest BCUT2D eigenvalue weighted by atomic mass is 9.85. The molecule has 4 amide bonds. The van der Waals surface area contributed by atoms with Crippen molar-refractivity contribution >= 4 is 69.2 Å². The summed E-state index contributed by atoms with van der Waals surface area (Å²) in [4.78, 5) is 105. The zero-order valence-corrected chi connectivity index (χ0v) is 43.7. The number of hydrogen-bond donors (Lipinski definition) is 4. The first-order valence-corrected chi connectivity index (χ1v) is 26.6. The van der Waals surface area contributed by atoms with Gasteiger partial charge < -0.3 is 35.8 Å². The number of fused-ring (bicyclic) bond motifs is 1. The number of amides is 4. The summed E-state index contributed by atoms with van der Waals surface area (Å²) in [5.41, 5.74) is 6.01. The minimum absolute atomic E-state index is 0.00510. The van der Waals surface area contributed by atoms with Gasteiger partial charge in [0.05, 0.1) is 39.6 Å². The maximum Gasteiger partial charge on any atom is 0.263 e. The van der Waals surface area contributed by atoms with E-state index in [1.807, 2.05) is 74.5 Å². The Balaban J connectivity index is 0.745. The number of aromatic nitrogens is 5. The first-order valence-electron chi connectivity index (χ1n) is 25.7. The van der Waals surface area contributed by atoms with Crippen LogP contribution in [0.3, 0.4) is 0 Å². The van der Waals surface area contributed by atoms with E-state index in [0.717, 1.165) is 65.9 Å². The molecule has 4 N–H and O–H groups in total. The van der Waals surface area contributed by atoms with E-state index in [0.29, 0.717) is 73.8 Å². The molecule has 3 fully saturated rings. The highest BCUT2D eigenvalue weighted by Crippen LogP contribution is 2.33. The van der Waals surface area contributed by atoms with E-state index in [-0.39, 0.29) is 66.6 Å². The molecule has 388 valence electrons. The second-order valence-electron chi connectivity index (χ2n) is 20.9. The van der Waals surface area contributed by atoms with Crippen LogP contribution in [0.15, 0.2) is 59.1 Å². The number of rotatable bonds is 18. The summed E-state index contributed by atoms with van der Waals surface area (Å²) in [6.45, 7) is 13.6. The number of β-amino-alcohol motifs (C(OH)–C–C–N with tert-alkyl or cyclic N) is 1. The lowest BCUT2D eigenvalue weighted by Crippen LogP contribution is -2.57. The van der Waals surface area contributed by atoms with E-state index in [9.17, 15) is 33.9 Å². The number of hydrogen-bond acceptors (Lipinski definition) is 14. The summed E-state index contributed by atoms with van der Waals surface area (Å²) in [6, 6.07) is 9.94. The van der Waals surface area contributed by atoms with E-state index in [2.05, 4.69) is 35.8 Å². The third kappa shape index (κ3) is 12.4. The highest BCUT2D eigenvalue weighted by atomic mass is 32.1. The maximum absolute atomic E-state index is 14.1. The number of anilines is 3. The van der Waals surface area contributed by atoms with Crippen LogP contribution >= 0.6 is 11.3 Å². The normalized spacial score (nSPS) is 17.8. The predicted octanol–water partition coefficient (Wildman–Crippen LogP) is 6.79. The number of benzene rings is 1. The van der Waals surface area contributed by atoms with Crippen LogP contribution in [-0.2, 0) is 25.7 Å². The van der Waals surface area contributed by atoms with Crippen LogP contribution in [-0.4, -0.2) is 120 Å². The molecule has 6 heterocycles. The van der Waals surface area contributed by atoms with Gasteiger partial charge in [0.2, 0.25) is 29.6 Å². The van der Waals surface area contributed by atoms with Gasteiger partial charge >= 0.3 is 0 Å². The molecule has 2 aliphatic heterocycles. The van der Waals surface area contributed by atoms with Crippen LogP contribution in [0, 0.1) is 19.3 Å². The Morgan fingerprint density at radius 3 is 2.23 bits per heavy atom. The molecule has 4 aromatic heterocycles. The first-order chi connectivity index (χ1) is 35.0. The first kappa shape index (κ1) is 52.7. The molecule has 1 saturated carbocycles. The zero-order chi connectivity index (χ0) is 52.0. The number of piperazine rings is 1. The minimum atomic E-state index is -0.898. The third-order valence-corrected chi connectivity index (χ3v) is 15.5. The average Bonchev–Trinajstić information content (AvgIpc) is 4.15. The molecular formula is C54H69N11O7S. The Morgan fingerprint density at radius 2 is 1.59 bits per heavy atom. The van der Waals surface area contributed by atoms with E-state index >= 15 is 0 Å². The average molecular weight is 1020 g/mol. The third-order valence-electron chi connectivity index (χ3n) is 14.5. The Hall–Kier alpha value is -6.60. The number of likely N-dealkylation sites (tertiary alicyclic amines) is 1. The van der Waals surface area contributed by atoms with Crippen LogP contribution in [0.1, 0.15) is 132 Å². The number of carbonyl (C=O) groups is 5. The SMILES string of the molecule is CC(=O)c1c(C)c2cnc(Nc3ccc(N4CCN(C(=O)CCCCCCC(=O)NC(C(=O)N5C[C@H](O)C[C@H]5C(=O)NCc5ccc(-c6scnc6C)cc5)C(C)(C)C)CC4)cn3)nc2n(C2CCCC2)c1=O. The molecule has 0 spiro atoms. The van der Waals surface area contributed by atoms with Crippen molar-refractivity contribution in [1.29, 1.82) is 0 Å². The van der Waals surface area contributed by atoms with Crippen molar-refractivity contribution in [2.24, 2.45) is 5.41 Å². The fourth-order valence-corrected chi connectivity index (χ4v) is 11.2. The molecule has 3 atom stereocenters. The van der Waals surface area contributed by atoms with Crippen molar-refractivity contribution in [1.82, 2.24) is 44.9 Å². The molecule has 18 nitrogen and oxygen atoms in total. The number of nitrogens with zero attached hydrogens (tertiary/aromatic N) is 8. The molecule has 3 aliphatic rings. The molecule has 8 rings (SSSR count). The molecule has 2 saturated heterocycles. The van der Waals surface area contributed by atoms with Crippen molar-refractivity contribution < 1.29 is 29.1 Å². The second kappa shape index (κ2) is 23.1. The van der Waals surface area contributed by atoms with E-state index in [1.165, 1.54) is 11.8 Å². The monoisotopic (exact) mass is 1020 g/mol. The largest absolute Gasteiger partial charge is 0.391 e. The number of aryl methyl sites for hydroxylation is 2. The Bertz CT molecular complexity index is 2860. The van der Waals surface area contributed by atoms with Crippen LogP contribution in [0.25, 0.3) is 21.5 Å². The van der Waals surface area contributed by atoms with Gasteiger partial charge in [-0.25, -0.2) is 15.0 Å². The minimum Gasteiger partial charge on any atom is -0.391 e. The number of Topliss-reactive ketones (excluding diaryl/α,β-unsaturated/α-hetero) is 1. The molecule has 1 aliphatic carbocycles. The van der Waals surface area contributed by atoms with Gasteiger partial charge in [-0.05, 0) is 80.7 Å². The van der Waals surface area contributed by atoms with Crippen LogP contribution in [0.2, 0.25) is 0 Å². The molecule has 19 heteroatoms. The molecule has 73 heavy (non-hydrogen) atoms. The van der Waals surface area contributed by atoms with Crippen molar-refractivity contribution in [3.05, 3.63) is 87.0 Å². The number of nitrogens with one attached hydrogen (secondary N) is 3. The topological polar surface area (TPSA) is 225 Å². The smallest absolute Gasteiger partial charge is 0.263 e. The van der Waals surface area contributed by atoms with Gasteiger partial charge in [-0.1, -0.05) is 70.7 Å². The lowest BCUT2D eigenvalue weighted by molar-refractivity contribution is -0.144. The highest BCUT2D eigenvalue weighted by Gasteiger charge is 2.44. The van der Waals surface area contributed by atoms with E-state index < -0.39 is 29.5 Å². The van der Waals surface area contributed by atoms with Crippen molar-refractivity contribution in [2.45, 2.75) is 143 Å². The Morgan fingerprint density at radius 1 is 0.877 bits per heavy atom. The standard InChI is InChI=1S/C54H69N11O7S/c1-33-41-30-57-53(61-49(41)65(38-13-11-12-14-38)51(71)46(33)35(3)66)59-43-22-21-39(29-55-43)62-23-25-63(26-24-62)45(69)16-10-8-7-9-15-44(68)60-48(54(4,5)6)52(72)64-31-40(67)27-42(64)50(70)56-28-36-17-19-37(20-18-36)47-34(2)58-32-73-47/h17-22,29-30,32,38,40,42,48,67H,7-16,23-28,31H2,1-6H3,(H,56,70)(H,60,68)(H,55,57,59,61)/t40-,42+,48?/m1/s1. The summed E-state index contributed by atoms with van der Waals surface area (Å²) in [5.74, 6) is -0.309. The Labute approximate surface area is 430 Å². The van der Waals surface area contributed by atoms with Crippen LogP contribution in [0.4, 0.5) is 17.5 Å². The van der Waals surface area contributed by atoms with Gasteiger partial charge in [-0.15, -0.1) is 11.3 Å². The summed E-state index contributed by atoms with van der Waals surface area (Å²) in [7, 11) is 0. The van der Waals surface area contributed by atoms with Gasteiger partial charge in [-0.2, -0.15) is 4.98 Å². The summed E-state index contributed by atoms with van der Waals surface area (Å²) >= 11 is 1.57. The van der Waals surface area contributed by atoms with Gasteiger partial charge in [-0.3, -0.25) is 33.3 Å². The fourth-order valence-electron chi connectivity index (χ4n) is 10.4. The number of unbranched alkanes of at least 4 members (excludes halogenated alkanes) is 3. The summed E-state index contributed by atoms with van der Waals surface area (Å²) < 4.78 is 1.69. The fraction of sp³-hybridized carbons (Fsp3) is 0.519. The maximum atomic E-state index is 14.1. The Kier molecular flexibility index (Phi) is 16.7. The van der Waals surface area contributed by atoms with Gasteiger partial charge in [0.1, 0.15) is 23.5 Å². The number of carbonyl (C=O) groups excluding carboxylic acids is 5. The van der Waals surface area contributed by atoms with E-state index in [4.69, 9.17) is 4.98 Å². The number of thiazole rings is 1. The molecular weight excluding hydrogens is 947 g/mol. The quantitative estimate of drug-likeness (QED) is 0.0525. The predicted molar refractivity (Wildman–Crippen MR) is 282 cm³/mol. The number of ketones is 1. The molecule has 1 aromatic carbocycles. The molecule has 5 aromatic rings. The number of aliphatic hydroxyl groups is 1. The summed E-state index contributed by atoms with van der Waals surface area (Å²) in [5, 5.41) is 20.4.